The van der Waals surface area contributed by atoms with E-state index in [1.807, 2.05) is 0 Å². The third-order valence-electron chi connectivity index (χ3n) is 3.61. The van der Waals surface area contributed by atoms with Crippen molar-refractivity contribution in [2.24, 2.45) is 0 Å². The zero-order valence-electron chi connectivity index (χ0n) is 11.7. The summed E-state index contributed by atoms with van der Waals surface area (Å²) >= 11 is 0. The molecule has 0 aromatic heterocycles. The Bertz CT molecular complexity index is 375. The first kappa shape index (κ1) is 13.4. The number of hydrogen-bond donors (Lipinski definition) is 1. The molecule has 1 aliphatic carbocycles. The van der Waals surface area contributed by atoms with Crippen LogP contribution < -0.4 is 10.1 Å². The van der Waals surface area contributed by atoms with Crippen molar-refractivity contribution in [3.8, 4) is 5.75 Å². The Morgan fingerprint density at radius 1 is 1.22 bits per heavy atom. The largest absolute Gasteiger partial charge is 0.489 e. The molecular weight excluding hydrogens is 222 g/mol. The maximum Gasteiger partial charge on any atom is 0.120 e. The number of benzene rings is 1. The summed E-state index contributed by atoms with van der Waals surface area (Å²) in [6, 6.07) is 6.63. The van der Waals surface area contributed by atoms with Gasteiger partial charge in [-0.3, -0.25) is 0 Å². The molecule has 2 heteroatoms. The second-order valence-electron chi connectivity index (χ2n) is 5.12. The smallest absolute Gasteiger partial charge is 0.120 e. The van der Waals surface area contributed by atoms with Gasteiger partial charge in [-0.1, -0.05) is 26.3 Å². The van der Waals surface area contributed by atoms with E-state index in [2.05, 4.69) is 37.4 Å². The predicted molar refractivity (Wildman–Crippen MR) is 76.3 cm³/mol. The molecule has 1 N–H and O–H groups in total. The van der Waals surface area contributed by atoms with E-state index in [0.29, 0.717) is 6.10 Å². The molecule has 0 spiro atoms. The van der Waals surface area contributed by atoms with Gasteiger partial charge >= 0.3 is 0 Å². The van der Waals surface area contributed by atoms with Crippen molar-refractivity contribution in [1.82, 2.24) is 5.32 Å². The van der Waals surface area contributed by atoms with Crippen molar-refractivity contribution in [2.75, 3.05) is 13.1 Å². The Balaban J connectivity index is 1.97. The average Bonchev–Trinajstić information content (AvgIpc) is 2.83. The predicted octanol–water partition coefficient (Wildman–Crippen LogP) is 3.33. The summed E-state index contributed by atoms with van der Waals surface area (Å²) in [6.07, 6.45) is 6.35. The van der Waals surface area contributed by atoms with E-state index >= 15 is 0 Å². The minimum absolute atomic E-state index is 0.300. The first-order valence-electron chi connectivity index (χ1n) is 7.32. The monoisotopic (exact) mass is 247 g/mol. The van der Waals surface area contributed by atoms with Crippen LogP contribution in [0.2, 0.25) is 0 Å². The highest BCUT2D eigenvalue weighted by Crippen LogP contribution is 2.26. The minimum Gasteiger partial charge on any atom is -0.489 e. The van der Waals surface area contributed by atoms with Crippen LogP contribution in [-0.2, 0) is 12.8 Å². The van der Waals surface area contributed by atoms with Crippen LogP contribution in [0, 0.1) is 0 Å². The van der Waals surface area contributed by atoms with E-state index in [-0.39, 0.29) is 0 Å². The SMILES string of the molecule is CCCC(CNCC)Oc1ccc2c(c1)CCC2. The highest BCUT2D eigenvalue weighted by Gasteiger charge is 2.13. The second-order valence-corrected chi connectivity index (χ2v) is 5.12. The van der Waals surface area contributed by atoms with Gasteiger partial charge in [-0.2, -0.15) is 0 Å². The summed E-state index contributed by atoms with van der Waals surface area (Å²) in [7, 11) is 0. The number of rotatable bonds is 7. The highest BCUT2D eigenvalue weighted by atomic mass is 16.5. The van der Waals surface area contributed by atoms with Crippen LogP contribution in [0.1, 0.15) is 44.2 Å². The van der Waals surface area contributed by atoms with Crippen LogP contribution in [0.3, 0.4) is 0 Å². The van der Waals surface area contributed by atoms with Crippen LogP contribution in [-0.4, -0.2) is 19.2 Å². The van der Waals surface area contributed by atoms with E-state index in [9.17, 15) is 0 Å². The van der Waals surface area contributed by atoms with Crippen molar-refractivity contribution in [1.29, 1.82) is 0 Å². The standard InChI is InChI=1S/C16H25NO/c1-3-6-16(12-17-4-2)18-15-10-9-13-7-5-8-14(13)11-15/h9-11,16-17H,3-8,12H2,1-2H3. The Kier molecular flexibility index (Phi) is 5.06. The fourth-order valence-electron chi connectivity index (χ4n) is 2.64. The zero-order valence-corrected chi connectivity index (χ0v) is 11.7. The number of hydrogen-bond acceptors (Lipinski definition) is 2. The third kappa shape index (κ3) is 3.49. The van der Waals surface area contributed by atoms with E-state index in [1.54, 1.807) is 0 Å². The van der Waals surface area contributed by atoms with Crippen molar-refractivity contribution >= 4 is 0 Å². The second kappa shape index (κ2) is 6.79. The Morgan fingerprint density at radius 3 is 2.83 bits per heavy atom. The number of likely N-dealkylation sites (N-methyl/N-ethyl adjacent to an activating group) is 1. The number of fused-ring (bicyclic) bond motifs is 1. The number of nitrogens with one attached hydrogen (secondary N) is 1. The molecule has 1 aromatic carbocycles. The zero-order chi connectivity index (χ0) is 12.8. The summed E-state index contributed by atoms with van der Waals surface area (Å²) in [5.41, 5.74) is 3.01. The topological polar surface area (TPSA) is 21.3 Å². The Morgan fingerprint density at radius 2 is 2.06 bits per heavy atom. The molecule has 1 aliphatic rings. The van der Waals surface area contributed by atoms with E-state index in [0.717, 1.165) is 25.3 Å². The van der Waals surface area contributed by atoms with Crippen LogP contribution in [0.15, 0.2) is 18.2 Å². The van der Waals surface area contributed by atoms with Gasteiger partial charge in [0.1, 0.15) is 11.9 Å². The Hall–Kier alpha value is -1.02. The van der Waals surface area contributed by atoms with Gasteiger partial charge < -0.3 is 10.1 Å². The molecule has 2 nitrogen and oxygen atoms in total. The number of aryl methyl sites for hydroxylation is 2. The molecule has 1 aromatic rings. The van der Waals surface area contributed by atoms with Crippen LogP contribution in [0.4, 0.5) is 0 Å². The quantitative estimate of drug-likeness (QED) is 0.798. The summed E-state index contributed by atoms with van der Waals surface area (Å²) in [5, 5.41) is 3.38. The van der Waals surface area contributed by atoms with Gasteiger partial charge in [0, 0.05) is 6.54 Å². The summed E-state index contributed by atoms with van der Waals surface area (Å²) in [5.74, 6) is 1.05. The molecule has 0 heterocycles. The first-order valence-corrected chi connectivity index (χ1v) is 7.32. The lowest BCUT2D eigenvalue weighted by atomic mass is 10.1. The van der Waals surface area contributed by atoms with Gasteiger partial charge in [0.25, 0.3) is 0 Å². The van der Waals surface area contributed by atoms with Crippen molar-refractivity contribution in [3.63, 3.8) is 0 Å². The van der Waals surface area contributed by atoms with Crippen molar-refractivity contribution in [3.05, 3.63) is 29.3 Å². The molecule has 0 bridgehead atoms. The normalized spacial score (nSPS) is 15.4. The fourth-order valence-corrected chi connectivity index (χ4v) is 2.64. The molecule has 100 valence electrons. The maximum atomic E-state index is 6.12. The first-order chi connectivity index (χ1) is 8.83. The third-order valence-corrected chi connectivity index (χ3v) is 3.61. The van der Waals surface area contributed by atoms with Crippen molar-refractivity contribution in [2.45, 2.75) is 52.1 Å². The van der Waals surface area contributed by atoms with Gasteiger partial charge in [-0.05, 0) is 55.5 Å². The summed E-state index contributed by atoms with van der Waals surface area (Å²) in [6.45, 7) is 6.30. The molecule has 18 heavy (non-hydrogen) atoms. The molecule has 0 saturated carbocycles. The lowest BCUT2D eigenvalue weighted by Gasteiger charge is -2.19. The average molecular weight is 247 g/mol. The maximum absolute atomic E-state index is 6.12. The van der Waals surface area contributed by atoms with Gasteiger partial charge in [0.2, 0.25) is 0 Å². The molecule has 0 aliphatic heterocycles. The van der Waals surface area contributed by atoms with Crippen molar-refractivity contribution < 1.29 is 4.74 Å². The van der Waals surface area contributed by atoms with Crippen LogP contribution >= 0.6 is 0 Å². The highest BCUT2D eigenvalue weighted by molar-refractivity contribution is 5.38. The molecular formula is C16H25NO. The molecule has 1 atom stereocenters. The van der Waals surface area contributed by atoms with Crippen LogP contribution in [0.5, 0.6) is 5.75 Å². The van der Waals surface area contributed by atoms with Gasteiger partial charge in [0.15, 0.2) is 0 Å². The Labute approximate surface area is 111 Å². The molecule has 0 radical (unpaired) electrons. The molecule has 0 amide bonds. The van der Waals surface area contributed by atoms with E-state index in [1.165, 1.54) is 36.8 Å². The minimum atomic E-state index is 0.300. The van der Waals surface area contributed by atoms with Gasteiger partial charge in [0.05, 0.1) is 0 Å². The molecule has 0 saturated heterocycles. The number of ether oxygens (including phenoxy) is 1. The fraction of sp³-hybridized carbons (Fsp3) is 0.625. The lowest BCUT2D eigenvalue weighted by Crippen LogP contribution is -2.31. The molecule has 1 unspecified atom stereocenters. The van der Waals surface area contributed by atoms with Gasteiger partial charge in [-0.15, -0.1) is 0 Å². The van der Waals surface area contributed by atoms with E-state index in [4.69, 9.17) is 4.74 Å². The molecule has 0 fully saturated rings. The van der Waals surface area contributed by atoms with E-state index < -0.39 is 0 Å². The molecule has 2 rings (SSSR count). The summed E-state index contributed by atoms with van der Waals surface area (Å²) in [4.78, 5) is 0. The lowest BCUT2D eigenvalue weighted by molar-refractivity contribution is 0.187. The summed E-state index contributed by atoms with van der Waals surface area (Å²) < 4.78 is 6.12. The van der Waals surface area contributed by atoms with Crippen LogP contribution in [0.25, 0.3) is 0 Å². The van der Waals surface area contributed by atoms with Gasteiger partial charge in [-0.25, -0.2) is 0 Å².